The molecule has 2 atom stereocenters. The van der Waals surface area contributed by atoms with Gasteiger partial charge in [-0.1, -0.05) is 30.3 Å². The van der Waals surface area contributed by atoms with Crippen LogP contribution in [0, 0.1) is 0 Å². The van der Waals surface area contributed by atoms with Gasteiger partial charge in [-0.3, -0.25) is 4.90 Å². The van der Waals surface area contributed by atoms with E-state index in [2.05, 4.69) is 17.0 Å². The monoisotopic (exact) mass is 282 g/mol. The molecule has 1 aliphatic rings. The minimum absolute atomic E-state index is 0.0469. The summed E-state index contributed by atoms with van der Waals surface area (Å²) in [5, 5.41) is 0. The predicted octanol–water partition coefficient (Wildman–Crippen LogP) is 0.675. The van der Waals surface area contributed by atoms with Gasteiger partial charge in [-0.2, -0.15) is 0 Å². The second-order valence-electron chi connectivity index (χ2n) is 5.41. The van der Waals surface area contributed by atoms with Crippen molar-refractivity contribution in [3.8, 4) is 0 Å². The number of sulfone groups is 1. The van der Waals surface area contributed by atoms with E-state index in [1.807, 2.05) is 25.1 Å². The third kappa shape index (κ3) is 4.30. The summed E-state index contributed by atoms with van der Waals surface area (Å²) in [6.45, 7) is 3.32. The molecule has 1 fully saturated rings. The Hall–Kier alpha value is -0.910. The molecule has 1 heterocycles. The van der Waals surface area contributed by atoms with Crippen molar-refractivity contribution in [1.29, 1.82) is 0 Å². The molecule has 4 nitrogen and oxygen atoms in total. The van der Waals surface area contributed by atoms with Crippen molar-refractivity contribution in [2.75, 3.05) is 24.6 Å². The molecule has 1 aromatic rings. The van der Waals surface area contributed by atoms with E-state index in [4.69, 9.17) is 5.73 Å². The van der Waals surface area contributed by atoms with Crippen molar-refractivity contribution in [2.45, 2.75) is 25.4 Å². The summed E-state index contributed by atoms with van der Waals surface area (Å²) in [6, 6.07) is 10.3. The van der Waals surface area contributed by atoms with Crippen LogP contribution in [-0.4, -0.2) is 50.0 Å². The van der Waals surface area contributed by atoms with Crippen LogP contribution in [-0.2, 0) is 16.3 Å². The highest BCUT2D eigenvalue weighted by atomic mass is 32.2. The van der Waals surface area contributed by atoms with Gasteiger partial charge in [0.2, 0.25) is 0 Å². The standard InChI is InChI=1S/C14H22N2O2S/c1-12-11-19(17,18)8-7-16(12)10-14(15)9-13-5-3-2-4-6-13/h2-6,12,14H,7-11,15H2,1H3. The van der Waals surface area contributed by atoms with E-state index in [0.29, 0.717) is 6.54 Å². The molecule has 0 aliphatic carbocycles. The number of nitrogens with zero attached hydrogens (tertiary/aromatic N) is 1. The maximum atomic E-state index is 11.5. The van der Waals surface area contributed by atoms with Crippen LogP contribution < -0.4 is 5.73 Å². The van der Waals surface area contributed by atoms with Crippen molar-refractivity contribution >= 4 is 9.84 Å². The first-order valence-electron chi connectivity index (χ1n) is 6.70. The lowest BCUT2D eigenvalue weighted by atomic mass is 10.1. The van der Waals surface area contributed by atoms with Gasteiger partial charge in [-0.05, 0) is 18.9 Å². The molecule has 5 heteroatoms. The Labute approximate surface area is 115 Å². The van der Waals surface area contributed by atoms with Crippen LogP contribution in [0.5, 0.6) is 0 Å². The first kappa shape index (κ1) is 14.5. The molecule has 19 heavy (non-hydrogen) atoms. The third-order valence-corrected chi connectivity index (χ3v) is 5.41. The fourth-order valence-electron chi connectivity index (χ4n) is 2.59. The zero-order valence-electron chi connectivity index (χ0n) is 11.3. The molecule has 0 radical (unpaired) electrons. The lowest BCUT2D eigenvalue weighted by Gasteiger charge is -2.34. The Kier molecular flexibility index (Phi) is 4.60. The topological polar surface area (TPSA) is 63.4 Å². The molecule has 106 valence electrons. The van der Waals surface area contributed by atoms with Gasteiger partial charge in [-0.25, -0.2) is 8.42 Å². The highest BCUT2D eigenvalue weighted by molar-refractivity contribution is 7.91. The maximum absolute atomic E-state index is 11.5. The minimum Gasteiger partial charge on any atom is -0.326 e. The molecule has 1 aromatic carbocycles. The fourth-order valence-corrected chi connectivity index (χ4v) is 4.21. The summed E-state index contributed by atoms with van der Waals surface area (Å²) in [7, 11) is -2.84. The molecule has 1 saturated heterocycles. The van der Waals surface area contributed by atoms with Crippen LogP contribution in [0.2, 0.25) is 0 Å². The molecule has 0 spiro atoms. The Balaban J connectivity index is 1.87. The first-order valence-corrected chi connectivity index (χ1v) is 8.52. The van der Waals surface area contributed by atoms with Crippen molar-refractivity contribution in [3.05, 3.63) is 35.9 Å². The number of hydrogen-bond acceptors (Lipinski definition) is 4. The van der Waals surface area contributed by atoms with E-state index in [-0.39, 0.29) is 23.6 Å². The molecule has 0 bridgehead atoms. The summed E-state index contributed by atoms with van der Waals surface area (Å²) in [5.41, 5.74) is 7.40. The van der Waals surface area contributed by atoms with Crippen molar-refractivity contribution in [1.82, 2.24) is 4.90 Å². The van der Waals surface area contributed by atoms with Crippen LogP contribution in [0.4, 0.5) is 0 Å². The average Bonchev–Trinajstić information content (AvgIpc) is 2.33. The third-order valence-electron chi connectivity index (χ3n) is 3.62. The Morgan fingerprint density at radius 2 is 2.05 bits per heavy atom. The van der Waals surface area contributed by atoms with E-state index >= 15 is 0 Å². The predicted molar refractivity (Wildman–Crippen MR) is 77.8 cm³/mol. The van der Waals surface area contributed by atoms with Gasteiger partial charge in [-0.15, -0.1) is 0 Å². The quantitative estimate of drug-likeness (QED) is 0.882. The van der Waals surface area contributed by atoms with E-state index in [1.54, 1.807) is 0 Å². The second-order valence-corrected chi connectivity index (χ2v) is 7.64. The number of rotatable bonds is 4. The molecule has 1 aliphatic heterocycles. The SMILES string of the molecule is CC1CS(=O)(=O)CCN1CC(N)Cc1ccccc1. The van der Waals surface area contributed by atoms with Crippen LogP contribution in [0.15, 0.2) is 30.3 Å². The smallest absolute Gasteiger partial charge is 0.153 e. The van der Waals surface area contributed by atoms with Gasteiger partial charge < -0.3 is 5.73 Å². The van der Waals surface area contributed by atoms with Gasteiger partial charge in [0, 0.05) is 25.2 Å². The van der Waals surface area contributed by atoms with Crippen molar-refractivity contribution in [3.63, 3.8) is 0 Å². The molecule has 2 N–H and O–H groups in total. The molecule has 0 amide bonds. The summed E-state index contributed by atoms with van der Waals surface area (Å²) < 4.78 is 23.1. The van der Waals surface area contributed by atoms with E-state index < -0.39 is 9.84 Å². The molecule has 2 rings (SSSR count). The highest BCUT2D eigenvalue weighted by Gasteiger charge is 2.28. The van der Waals surface area contributed by atoms with Gasteiger partial charge in [0.25, 0.3) is 0 Å². The Bertz CT molecular complexity index is 501. The largest absolute Gasteiger partial charge is 0.326 e. The summed E-state index contributed by atoms with van der Waals surface area (Å²) in [6.07, 6.45) is 0.830. The van der Waals surface area contributed by atoms with Crippen molar-refractivity contribution in [2.24, 2.45) is 5.73 Å². The fraction of sp³-hybridized carbons (Fsp3) is 0.571. The normalized spacial score (nSPS) is 25.1. The van der Waals surface area contributed by atoms with Gasteiger partial charge in [0.1, 0.15) is 0 Å². The van der Waals surface area contributed by atoms with E-state index in [1.165, 1.54) is 5.56 Å². The average molecular weight is 282 g/mol. The van der Waals surface area contributed by atoms with Gasteiger partial charge >= 0.3 is 0 Å². The molecule has 2 unspecified atom stereocenters. The first-order chi connectivity index (χ1) is 8.96. The molecule has 0 saturated carbocycles. The Morgan fingerprint density at radius 1 is 1.37 bits per heavy atom. The lowest BCUT2D eigenvalue weighted by molar-refractivity contribution is 0.212. The second kappa shape index (κ2) is 6.03. The summed E-state index contributed by atoms with van der Waals surface area (Å²) in [4.78, 5) is 2.19. The molecule has 0 aromatic heterocycles. The van der Waals surface area contributed by atoms with E-state index in [0.717, 1.165) is 13.0 Å². The summed E-state index contributed by atoms with van der Waals surface area (Å²) >= 11 is 0. The van der Waals surface area contributed by atoms with E-state index in [9.17, 15) is 8.42 Å². The van der Waals surface area contributed by atoms with Crippen LogP contribution >= 0.6 is 0 Å². The zero-order valence-corrected chi connectivity index (χ0v) is 12.1. The summed E-state index contributed by atoms with van der Waals surface area (Å²) in [5.74, 6) is 0.514. The molecular weight excluding hydrogens is 260 g/mol. The molecular formula is C14H22N2O2S. The maximum Gasteiger partial charge on any atom is 0.153 e. The zero-order chi connectivity index (χ0) is 13.9. The van der Waals surface area contributed by atoms with Crippen LogP contribution in [0.25, 0.3) is 0 Å². The van der Waals surface area contributed by atoms with Crippen LogP contribution in [0.1, 0.15) is 12.5 Å². The number of benzene rings is 1. The lowest BCUT2D eigenvalue weighted by Crippen LogP contribution is -2.51. The highest BCUT2D eigenvalue weighted by Crippen LogP contribution is 2.12. The van der Waals surface area contributed by atoms with Gasteiger partial charge in [0.15, 0.2) is 9.84 Å². The number of nitrogens with two attached hydrogens (primary N) is 1. The van der Waals surface area contributed by atoms with Gasteiger partial charge in [0.05, 0.1) is 11.5 Å². The number of hydrogen-bond donors (Lipinski definition) is 1. The van der Waals surface area contributed by atoms with Crippen molar-refractivity contribution < 1.29 is 8.42 Å². The minimum atomic E-state index is -2.84. The van der Waals surface area contributed by atoms with Crippen LogP contribution in [0.3, 0.4) is 0 Å². The Morgan fingerprint density at radius 3 is 2.68 bits per heavy atom.